The number of ether oxygens (including phenoxy) is 1. The molecule has 7 heteroatoms. The molecule has 0 aliphatic rings. The van der Waals surface area contributed by atoms with Crippen LogP contribution < -0.4 is 10.6 Å². The Morgan fingerprint density at radius 3 is 2.81 bits per heavy atom. The van der Waals surface area contributed by atoms with E-state index in [-0.39, 0.29) is 30.0 Å². The first-order valence-electron chi connectivity index (χ1n) is 8.81. The maximum atomic E-state index is 5.93. The van der Waals surface area contributed by atoms with Crippen molar-refractivity contribution in [3.05, 3.63) is 60.2 Å². The fourth-order valence-corrected chi connectivity index (χ4v) is 2.65. The molecule has 0 saturated heterocycles. The molecule has 0 aliphatic carbocycles. The number of fused-ring (bicyclic) bond motifs is 1. The second-order valence-corrected chi connectivity index (χ2v) is 6.03. The van der Waals surface area contributed by atoms with E-state index in [9.17, 15) is 0 Å². The summed E-state index contributed by atoms with van der Waals surface area (Å²) in [5, 5.41) is 7.82. The van der Waals surface area contributed by atoms with Gasteiger partial charge in [-0.05, 0) is 31.2 Å². The second kappa shape index (κ2) is 11.0. The van der Waals surface area contributed by atoms with Crippen LogP contribution in [0.2, 0.25) is 0 Å². The van der Waals surface area contributed by atoms with E-state index in [1.807, 2.05) is 36.4 Å². The summed E-state index contributed by atoms with van der Waals surface area (Å²) >= 11 is 0. The minimum atomic E-state index is -0.0141. The minimum absolute atomic E-state index is 0. The van der Waals surface area contributed by atoms with Crippen LogP contribution in [0.3, 0.4) is 0 Å². The van der Waals surface area contributed by atoms with E-state index in [1.54, 1.807) is 13.4 Å². The summed E-state index contributed by atoms with van der Waals surface area (Å²) in [6, 6.07) is 13.9. The Labute approximate surface area is 176 Å². The second-order valence-electron chi connectivity index (χ2n) is 6.03. The summed E-state index contributed by atoms with van der Waals surface area (Å²) in [5.74, 6) is 2.54. The molecule has 27 heavy (non-hydrogen) atoms. The smallest absolute Gasteiger partial charge is 0.191 e. The van der Waals surface area contributed by atoms with Gasteiger partial charge in [0.05, 0.1) is 25.5 Å². The van der Waals surface area contributed by atoms with Crippen molar-refractivity contribution in [2.45, 2.75) is 19.4 Å². The number of methoxy groups -OCH3 is 1. The zero-order valence-corrected chi connectivity index (χ0v) is 17.9. The zero-order valence-electron chi connectivity index (χ0n) is 15.6. The molecule has 0 spiro atoms. The third-order valence-electron chi connectivity index (χ3n) is 4.03. The van der Waals surface area contributed by atoms with Crippen molar-refractivity contribution in [3.8, 4) is 0 Å². The van der Waals surface area contributed by atoms with Crippen LogP contribution in [0.15, 0.2) is 62.6 Å². The van der Waals surface area contributed by atoms with Crippen LogP contribution in [0.4, 0.5) is 0 Å². The van der Waals surface area contributed by atoms with Crippen LogP contribution in [-0.4, -0.2) is 32.8 Å². The number of hydrogen-bond acceptors (Lipinski definition) is 4. The van der Waals surface area contributed by atoms with Gasteiger partial charge >= 0.3 is 0 Å². The molecule has 0 radical (unpaired) electrons. The first-order valence-corrected chi connectivity index (χ1v) is 8.81. The number of furan rings is 2. The minimum Gasteiger partial charge on any atom is -0.469 e. The number of nitrogens with one attached hydrogen (secondary N) is 2. The number of para-hydroxylation sites is 1. The maximum absolute atomic E-state index is 5.93. The normalized spacial score (nSPS) is 12.6. The third kappa shape index (κ3) is 6.28. The number of rotatable bonds is 8. The number of halogens is 1. The van der Waals surface area contributed by atoms with Gasteiger partial charge in [0, 0.05) is 25.5 Å². The van der Waals surface area contributed by atoms with Crippen molar-refractivity contribution in [1.29, 1.82) is 0 Å². The molecule has 6 nitrogen and oxygen atoms in total. The standard InChI is InChI=1S/C20H25N3O3.HI/c1-15(19-14-16-6-3-4-8-18(16)26-19)23-20(22-11-13-24-2)21-10-9-17-7-5-12-25-17;/h3-8,12,14-15H,9-11,13H2,1-2H3,(H2,21,22,23);1H. The Kier molecular flexibility index (Phi) is 8.66. The molecule has 1 atom stereocenters. The topological polar surface area (TPSA) is 71.9 Å². The lowest BCUT2D eigenvalue weighted by Gasteiger charge is -2.16. The molecule has 1 aromatic carbocycles. The molecule has 2 aromatic heterocycles. The highest BCUT2D eigenvalue weighted by Gasteiger charge is 2.13. The first-order chi connectivity index (χ1) is 12.8. The van der Waals surface area contributed by atoms with Gasteiger partial charge in [-0.2, -0.15) is 0 Å². The molecule has 0 bridgehead atoms. The van der Waals surface area contributed by atoms with Gasteiger partial charge in [-0.25, -0.2) is 0 Å². The Morgan fingerprint density at radius 2 is 2.07 bits per heavy atom. The molecule has 146 valence electrons. The molecule has 0 fully saturated rings. The highest BCUT2D eigenvalue weighted by atomic mass is 127. The number of aliphatic imine (C=N–C) groups is 1. The van der Waals surface area contributed by atoms with Crippen molar-refractivity contribution in [1.82, 2.24) is 10.6 Å². The van der Waals surface area contributed by atoms with Gasteiger partial charge in [0.25, 0.3) is 0 Å². The van der Waals surface area contributed by atoms with E-state index in [0.29, 0.717) is 13.2 Å². The SMILES string of the molecule is COCCN=C(NCCc1ccco1)NC(C)c1cc2ccccc2o1.I. The highest BCUT2D eigenvalue weighted by molar-refractivity contribution is 14.0. The quantitative estimate of drug-likeness (QED) is 0.218. The van der Waals surface area contributed by atoms with Gasteiger partial charge in [0.2, 0.25) is 0 Å². The van der Waals surface area contributed by atoms with Crippen LogP contribution in [0.25, 0.3) is 11.0 Å². The number of nitrogens with zero attached hydrogens (tertiary/aromatic N) is 1. The predicted molar refractivity (Wildman–Crippen MR) is 118 cm³/mol. The van der Waals surface area contributed by atoms with Crippen molar-refractivity contribution in [3.63, 3.8) is 0 Å². The number of guanidine groups is 1. The van der Waals surface area contributed by atoms with Crippen LogP contribution >= 0.6 is 24.0 Å². The van der Waals surface area contributed by atoms with Gasteiger partial charge in [-0.3, -0.25) is 4.99 Å². The van der Waals surface area contributed by atoms with Gasteiger partial charge in [-0.1, -0.05) is 18.2 Å². The van der Waals surface area contributed by atoms with E-state index in [1.165, 1.54) is 0 Å². The van der Waals surface area contributed by atoms with Crippen LogP contribution in [0.1, 0.15) is 24.5 Å². The Hall–Kier alpha value is -2.00. The fourth-order valence-electron chi connectivity index (χ4n) is 2.65. The zero-order chi connectivity index (χ0) is 18.2. The predicted octanol–water partition coefficient (Wildman–Crippen LogP) is 4.13. The summed E-state index contributed by atoms with van der Waals surface area (Å²) in [6.45, 7) is 3.93. The average molecular weight is 483 g/mol. The molecule has 3 aromatic rings. The number of hydrogen-bond donors (Lipinski definition) is 2. The van der Waals surface area contributed by atoms with Gasteiger partial charge in [-0.15, -0.1) is 24.0 Å². The van der Waals surface area contributed by atoms with E-state index < -0.39 is 0 Å². The Morgan fingerprint density at radius 1 is 1.22 bits per heavy atom. The van der Waals surface area contributed by atoms with Crippen LogP contribution in [0.5, 0.6) is 0 Å². The molecule has 2 N–H and O–H groups in total. The Bertz CT molecular complexity index is 797. The average Bonchev–Trinajstić information content (AvgIpc) is 3.31. The first kappa shape index (κ1) is 21.3. The van der Waals surface area contributed by atoms with E-state index in [2.05, 4.69) is 28.6 Å². The van der Waals surface area contributed by atoms with Crippen molar-refractivity contribution in [2.24, 2.45) is 4.99 Å². The van der Waals surface area contributed by atoms with E-state index in [4.69, 9.17) is 13.6 Å². The summed E-state index contributed by atoms with van der Waals surface area (Å²) in [5.41, 5.74) is 0.889. The maximum Gasteiger partial charge on any atom is 0.191 e. The summed E-state index contributed by atoms with van der Waals surface area (Å²) in [7, 11) is 1.67. The lowest BCUT2D eigenvalue weighted by Crippen LogP contribution is -2.40. The van der Waals surface area contributed by atoms with E-state index >= 15 is 0 Å². The molecule has 1 unspecified atom stereocenters. The highest BCUT2D eigenvalue weighted by Crippen LogP contribution is 2.23. The van der Waals surface area contributed by atoms with Crippen LogP contribution in [-0.2, 0) is 11.2 Å². The van der Waals surface area contributed by atoms with Gasteiger partial charge in [0.15, 0.2) is 5.96 Å². The molecule has 2 heterocycles. The van der Waals surface area contributed by atoms with Crippen LogP contribution in [0, 0.1) is 0 Å². The largest absolute Gasteiger partial charge is 0.469 e. The van der Waals surface area contributed by atoms with Crippen molar-refractivity contribution in [2.75, 3.05) is 26.8 Å². The third-order valence-corrected chi connectivity index (χ3v) is 4.03. The number of benzene rings is 1. The summed E-state index contributed by atoms with van der Waals surface area (Å²) in [6.07, 6.45) is 2.47. The monoisotopic (exact) mass is 483 g/mol. The fraction of sp³-hybridized carbons (Fsp3) is 0.350. The lowest BCUT2D eigenvalue weighted by atomic mass is 10.2. The molecular weight excluding hydrogens is 457 g/mol. The van der Waals surface area contributed by atoms with E-state index in [0.717, 1.165) is 41.4 Å². The molecule has 0 amide bonds. The molecular formula is C20H26IN3O3. The lowest BCUT2D eigenvalue weighted by molar-refractivity contribution is 0.208. The van der Waals surface area contributed by atoms with Gasteiger partial charge < -0.3 is 24.2 Å². The molecule has 0 aliphatic heterocycles. The molecule has 0 saturated carbocycles. The Balaban J connectivity index is 0.00000261. The summed E-state index contributed by atoms with van der Waals surface area (Å²) in [4.78, 5) is 4.55. The van der Waals surface area contributed by atoms with Crippen molar-refractivity contribution >= 4 is 40.9 Å². The van der Waals surface area contributed by atoms with Crippen molar-refractivity contribution < 1.29 is 13.6 Å². The summed E-state index contributed by atoms with van der Waals surface area (Å²) < 4.78 is 16.4. The molecule has 3 rings (SSSR count). The van der Waals surface area contributed by atoms with Gasteiger partial charge in [0.1, 0.15) is 17.1 Å².